The number of nitrogens with zero attached hydrogens (tertiary/aromatic N) is 1. The molecule has 1 heterocycles. The number of hydrogen-bond acceptors (Lipinski definition) is 3. The highest BCUT2D eigenvalue weighted by atomic mass is 19.1. The first-order valence-corrected chi connectivity index (χ1v) is 5.83. The van der Waals surface area contributed by atoms with Crippen molar-refractivity contribution in [1.82, 2.24) is 4.98 Å². The summed E-state index contributed by atoms with van der Waals surface area (Å²) in [7, 11) is 0. The van der Waals surface area contributed by atoms with Crippen LogP contribution in [0.2, 0.25) is 0 Å². The summed E-state index contributed by atoms with van der Waals surface area (Å²) >= 11 is 0. The number of nitrogens with two attached hydrogens (primary N) is 2. The predicted octanol–water partition coefficient (Wildman–Crippen LogP) is 2.92. The van der Waals surface area contributed by atoms with Gasteiger partial charge in [0.2, 0.25) is 0 Å². The number of halogens is 1. The summed E-state index contributed by atoms with van der Waals surface area (Å²) in [5, 5.41) is 0. The van der Waals surface area contributed by atoms with Crippen LogP contribution in [0.15, 0.2) is 24.4 Å². The van der Waals surface area contributed by atoms with Gasteiger partial charge in [-0.05, 0) is 48.2 Å². The van der Waals surface area contributed by atoms with Gasteiger partial charge in [0.05, 0.1) is 0 Å². The zero-order valence-corrected chi connectivity index (χ0v) is 10.5. The van der Waals surface area contributed by atoms with Gasteiger partial charge in [0, 0.05) is 17.4 Å². The molecule has 18 heavy (non-hydrogen) atoms. The molecule has 0 atom stereocenters. The number of anilines is 2. The van der Waals surface area contributed by atoms with Crippen molar-refractivity contribution in [2.24, 2.45) is 0 Å². The highest BCUT2D eigenvalue weighted by molar-refractivity contribution is 5.73. The molecule has 2 aromatic rings. The molecule has 0 unspecified atom stereocenters. The van der Waals surface area contributed by atoms with Crippen molar-refractivity contribution in [2.45, 2.75) is 20.3 Å². The molecule has 0 spiro atoms. The zero-order valence-electron chi connectivity index (χ0n) is 10.5. The van der Waals surface area contributed by atoms with E-state index in [0.717, 1.165) is 28.7 Å². The number of nitrogen functional groups attached to an aromatic ring is 2. The van der Waals surface area contributed by atoms with Crippen LogP contribution in [-0.4, -0.2) is 4.98 Å². The third kappa shape index (κ3) is 2.14. The standard InChI is InChI=1S/C14H16FN3/c1-3-9-4-10(7-18-14(9)17)12-5-11(15)6-13(16)8(12)2/h4-7H,3,16H2,1-2H3,(H2,17,18). The highest BCUT2D eigenvalue weighted by Gasteiger charge is 2.09. The van der Waals surface area contributed by atoms with Gasteiger partial charge >= 0.3 is 0 Å². The lowest BCUT2D eigenvalue weighted by atomic mass is 9.98. The number of hydrogen-bond donors (Lipinski definition) is 2. The molecule has 0 bridgehead atoms. The Kier molecular flexibility index (Phi) is 3.19. The topological polar surface area (TPSA) is 64.9 Å². The zero-order chi connectivity index (χ0) is 13.3. The van der Waals surface area contributed by atoms with Crippen molar-refractivity contribution in [2.75, 3.05) is 11.5 Å². The lowest BCUT2D eigenvalue weighted by Gasteiger charge is -2.11. The van der Waals surface area contributed by atoms with E-state index in [2.05, 4.69) is 4.98 Å². The number of rotatable bonds is 2. The van der Waals surface area contributed by atoms with E-state index in [4.69, 9.17) is 11.5 Å². The molecule has 0 saturated carbocycles. The summed E-state index contributed by atoms with van der Waals surface area (Å²) < 4.78 is 13.4. The molecule has 1 aromatic carbocycles. The Labute approximate surface area is 106 Å². The summed E-state index contributed by atoms with van der Waals surface area (Å²) in [6, 6.07) is 4.73. The van der Waals surface area contributed by atoms with Crippen LogP contribution < -0.4 is 11.5 Å². The fourth-order valence-electron chi connectivity index (χ4n) is 1.95. The SMILES string of the molecule is CCc1cc(-c2cc(F)cc(N)c2C)cnc1N. The minimum absolute atomic E-state index is 0.344. The Morgan fingerprint density at radius 2 is 1.94 bits per heavy atom. The molecule has 0 amide bonds. The van der Waals surface area contributed by atoms with Crippen LogP contribution in [0.25, 0.3) is 11.1 Å². The van der Waals surface area contributed by atoms with E-state index in [1.54, 1.807) is 6.20 Å². The minimum atomic E-state index is -0.344. The summed E-state index contributed by atoms with van der Waals surface area (Å²) in [4.78, 5) is 4.14. The first kappa shape index (κ1) is 12.4. The van der Waals surface area contributed by atoms with Crippen LogP contribution in [0.5, 0.6) is 0 Å². The van der Waals surface area contributed by atoms with Crippen LogP contribution in [0.3, 0.4) is 0 Å². The fraction of sp³-hybridized carbons (Fsp3) is 0.214. The van der Waals surface area contributed by atoms with E-state index in [1.165, 1.54) is 12.1 Å². The van der Waals surface area contributed by atoms with Gasteiger partial charge in [0.1, 0.15) is 11.6 Å². The average molecular weight is 245 g/mol. The van der Waals surface area contributed by atoms with E-state index in [9.17, 15) is 4.39 Å². The molecule has 0 saturated heterocycles. The van der Waals surface area contributed by atoms with Crippen LogP contribution in [0.4, 0.5) is 15.9 Å². The maximum Gasteiger partial charge on any atom is 0.126 e. The van der Waals surface area contributed by atoms with Gasteiger partial charge in [0.25, 0.3) is 0 Å². The van der Waals surface area contributed by atoms with Crippen molar-refractivity contribution in [3.63, 3.8) is 0 Å². The summed E-state index contributed by atoms with van der Waals surface area (Å²) in [6.45, 7) is 3.87. The van der Waals surface area contributed by atoms with Gasteiger partial charge in [0.15, 0.2) is 0 Å². The third-order valence-corrected chi connectivity index (χ3v) is 3.11. The first-order valence-electron chi connectivity index (χ1n) is 5.83. The molecule has 0 aliphatic carbocycles. The lowest BCUT2D eigenvalue weighted by Crippen LogP contribution is -1.99. The summed E-state index contributed by atoms with van der Waals surface area (Å²) in [5.41, 5.74) is 15.4. The second-order valence-electron chi connectivity index (χ2n) is 4.29. The Hall–Kier alpha value is -2.10. The van der Waals surface area contributed by atoms with Gasteiger partial charge in [-0.2, -0.15) is 0 Å². The van der Waals surface area contributed by atoms with E-state index in [-0.39, 0.29) is 5.82 Å². The second-order valence-corrected chi connectivity index (χ2v) is 4.29. The Bertz CT molecular complexity index is 594. The minimum Gasteiger partial charge on any atom is -0.398 e. The summed E-state index contributed by atoms with van der Waals surface area (Å²) in [6.07, 6.45) is 2.44. The normalized spacial score (nSPS) is 10.6. The Morgan fingerprint density at radius 1 is 1.22 bits per heavy atom. The molecule has 0 aliphatic rings. The van der Waals surface area contributed by atoms with E-state index >= 15 is 0 Å². The van der Waals surface area contributed by atoms with Crippen molar-refractivity contribution in [3.05, 3.63) is 41.3 Å². The van der Waals surface area contributed by atoms with Gasteiger partial charge in [-0.1, -0.05) is 6.92 Å². The van der Waals surface area contributed by atoms with Gasteiger partial charge in [-0.25, -0.2) is 9.37 Å². The fourth-order valence-corrected chi connectivity index (χ4v) is 1.95. The summed E-state index contributed by atoms with van der Waals surface area (Å²) in [5.74, 6) is 0.172. The van der Waals surface area contributed by atoms with E-state index in [0.29, 0.717) is 11.5 Å². The van der Waals surface area contributed by atoms with Crippen molar-refractivity contribution in [3.8, 4) is 11.1 Å². The largest absolute Gasteiger partial charge is 0.398 e. The monoisotopic (exact) mass is 245 g/mol. The van der Waals surface area contributed by atoms with Crippen LogP contribution in [0.1, 0.15) is 18.1 Å². The molecule has 4 heteroatoms. The van der Waals surface area contributed by atoms with E-state index < -0.39 is 0 Å². The molecule has 2 rings (SSSR count). The Morgan fingerprint density at radius 3 is 2.61 bits per heavy atom. The second kappa shape index (κ2) is 4.64. The van der Waals surface area contributed by atoms with Gasteiger partial charge in [-0.3, -0.25) is 0 Å². The first-order chi connectivity index (χ1) is 8.52. The van der Waals surface area contributed by atoms with Gasteiger partial charge in [-0.15, -0.1) is 0 Å². The van der Waals surface area contributed by atoms with Gasteiger partial charge < -0.3 is 11.5 Å². The maximum atomic E-state index is 13.4. The lowest BCUT2D eigenvalue weighted by molar-refractivity contribution is 0.628. The number of pyridine rings is 1. The van der Waals surface area contributed by atoms with Crippen LogP contribution in [-0.2, 0) is 6.42 Å². The highest BCUT2D eigenvalue weighted by Crippen LogP contribution is 2.29. The molecule has 0 fully saturated rings. The quantitative estimate of drug-likeness (QED) is 0.799. The van der Waals surface area contributed by atoms with Crippen molar-refractivity contribution < 1.29 is 4.39 Å². The third-order valence-electron chi connectivity index (χ3n) is 3.11. The van der Waals surface area contributed by atoms with Crippen molar-refractivity contribution >= 4 is 11.5 Å². The molecule has 1 aromatic heterocycles. The molecule has 4 N–H and O–H groups in total. The average Bonchev–Trinajstić information content (AvgIpc) is 2.34. The van der Waals surface area contributed by atoms with Crippen LogP contribution in [0, 0.1) is 12.7 Å². The van der Waals surface area contributed by atoms with Crippen molar-refractivity contribution in [1.29, 1.82) is 0 Å². The number of benzene rings is 1. The smallest absolute Gasteiger partial charge is 0.126 e. The molecule has 0 aliphatic heterocycles. The van der Waals surface area contributed by atoms with E-state index in [1.807, 2.05) is 19.9 Å². The molecular weight excluding hydrogens is 229 g/mol. The number of aryl methyl sites for hydroxylation is 1. The molecular formula is C14H16FN3. The molecule has 94 valence electrons. The Balaban J connectivity index is 2.62. The molecule has 3 nitrogen and oxygen atoms in total. The maximum absolute atomic E-state index is 13.4. The predicted molar refractivity (Wildman–Crippen MR) is 72.6 cm³/mol. The molecule has 0 radical (unpaired) electrons. The van der Waals surface area contributed by atoms with Crippen LogP contribution >= 0.6 is 0 Å². The number of aromatic nitrogens is 1.